The van der Waals surface area contributed by atoms with Crippen LogP contribution in [0.15, 0.2) is 54.7 Å². The molecule has 0 amide bonds. The van der Waals surface area contributed by atoms with Crippen LogP contribution in [0, 0.1) is 6.92 Å². The number of aromatic carboxylic acids is 1. The molecule has 3 aromatic rings. The Kier molecular flexibility index (Phi) is 4.61. The number of carboxylic acid groups (broad SMARTS) is 1. The van der Waals surface area contributed by atoms with Crippen molar-refractivity contribution in [3.63, 3.8) is 0 Å². The summed E-state index contributed by atoms with van der Waals surface area (Å²) < 4.78 is 40.9. The first-order chi connectivity index (χ1) is 12.7. The van der Waals surface area contributed by atoms with E-state index in [2.05, 4.69) is 4.98 Å². The predicted octanol–water partition coefficient (Wildman–Crippen LogP) is 5.15. The average molecular weight is 373 g/mol. The van der Waals surface area contributed by atoms with E-state index in [1.54, 1.807) is 31.2 Å². The maximum Gasteiger partial charge on any atom is 0.417 e. The van der Waals surface area contributed by atoms with Gasteiger partial charge < -0.3 is 10.2 Å². The second-order valence-corrected chi connectivity index (χ2v) is 6.02. The Hall–Kier alpha value is -3.35. The average Bonchev–Trinajstić information content (AvgIpc) is 2.60. The monoisotopic (exact) mass is 373 g/mol. The highest BCUT2D eigenvalue weighted by molar-refractivity contribution is 5.92. The molecule has 2 aromatic carbocycles. The molecule has 0 fully saturated rings. The molecule has 0 aliphatic heterocycles. The first kappa shape index (κ1) is 18.4. The van der Waals surface area contributed by atoms with Crippen LogP contribution in [0.25, 0.3) is 22.4 Å². The van der Waals surface area contributed by atoms with Crippen LogP contribution in [0.3, 0.4) is 0 Å². The Morgan fingerprint density at radius 1 is 1.04 bits per heavy atom. The van der Waals surface area contributed by atoms with E-state index in [4.69, 9.17) is 5.11 Å². The van der Waals surface area contributed by atoms with Crippen LogP contribution in [-0.2, 0) is 6.18 Å². The van der Waals surface area contributed by atoms with Gasteiger partial charge in [0.2, 0.25) is 0 Å². The van der Waals surface area contributed by atoms with Crippen molar-refractivity contribution < 1.29 is 28.2 Å². The third-order valence-corrected chi connectivity index (χ3v) is 4.06. The first-order valence-corrected chi connectivity index (χ1v) is 7.88. The van der Waals surface area contributed by atoms with Crippen LogP contribution in [0.4, 0.5) is 13.2 Å². The molecular weight excluding hydrogens is 359 g/mol. The van der Waals surface area contributed by atoms with E-state index < -0.39 is 29.0 Å². The van der Waals surface area contributed by atoms with Gasteiger partial charge in [0.05, 0.1) is 17.5 Å². The second-order valence-electron chi connectivity index (χ2n) is 6.02. The van der Waals surface area contributed by atoms with Crippen LogP contribution >= 0.6 is 0 Å². The summed E-state index contributed by atoms with van der Waals surface area (Å²) in [5, 5.41) is 18.6. The molecule has 0 radical (unpaired) electrons. The van der Waals surface area contributed by atoms with Crippen molar-refractivity contribution in [1.29, 1.82) is 0 Å². The molecule has 0 atom stereocenters. The summed E-state index contributed by atoms with van der Waals surface area (Å²) in [5.74, 6) is -1.96. The van der Waals surface area contributed by atoms with Crippen LogP contribution in [-0.4, -0.2) is 21.2 Å². The highest BCUT2D eigenvalue weighted by Gasteiger charge is 2.34. The fourth-order valence-corrected chi connectivity index (χ4v) is 2.78. The minimum absolute atomic E-state index is 0.0199. The Labute approximate surface area is 152 Å². The summed E-state index contributed by atoms with van der Waals surface area (Å²) in [4.78, 5) is 15.0. The number of aryl methyl sites for hydroxylation is 1. The number of benzene rings is 2. The van der Waals surface area contributed by atoms with Crippen molar-refractivity contribution in [1.82, 2.24) is 4.98 Å². The molecule has 0 saturated carbocycles. The first-order valence-electron chi connectivity index (χ1n) is 7.88. The van der Waals surface area contributed by atoms with E-state index in [0.29, 0.717) is 5.56 Å². The number of alkyl halides is 3. The van der Waals surface area contributed by atoms with Crippen LogP contribution in [0.5, 0.6) is 5.75 Å². The molecule has 4 nitrogen and oxygen atoms in total. The lowest BCUT2D eigenvalue weighted by Gasteiger charge is -2.15. The third-order valence-electron chi connectivity index (χ3n) is 4.06. The summed E-state index contributed by atoms with van der Waals surface area (Å²) in [6.45, 7) is 1.79. The molecular formula is C20H14F3NO3. The van der Waals surface area contributed by atoms with Crippen LogP contribution < -0.4 is 0 Å². The molecule has 138 valence electrons. The standard InChI is InChI=1S/C20H14F3NO3/c1-11-3-2-4-12(7-11)14-6-5-13(8-16(14)20(21,22)23)17-9-15(19(26)27)18(25)10-24-17/h2-10,25H,1H3,(H,26,27). The molecule has 0 saturated heterocycles. The number of rotatable bonds is 3. The van der Waals surface area contributed by atoms with Gasteiger partial charge in [-0.1, -0.05) is 42.0 Å². The fourth-order valence-electron chi connectivity index (χ4n) is 2.78. The quantitative estimate of drug-likeness (QED) is 0.666. The lowest BCUT2D eigenvalue weighted by atomic mass is 9.95. The van der Waals surface area contributed by atoms with E-state index in [-0.39, 0.29) is 16.8 Å². The largest absolute Gasteiger partial charge is 0.505 e. The Morgan fingerprint density at radius 3 is 2.41 bits per heavy atom. The van der Waals surface area contributed by atoms with Gasteiger partial charge in [-0.15, -0.1) is 0 Å². The van der Waals surface area contributed by atoms with Crippen molar-refractivity contribution >= 4 is 5.97 Å². The fraction of sp³-hybridized carbons (Fsp3) is 0.100. The van der Waals surface area contributed by atoms with E-state index in [9.17, 15) is 23.1 Å². The third kappa shape index (κ3) is 3.76. The Bertz CT molecular complexity index is 1030. The summed E-state index contributed by atoms with van der Waals surface area (Å²) >= 11 is 0. The topological polar surface area (TPSA) is 70.4 Å². The lowest BCUT2D eigenvalue weighted by Crippen LogP contribution is -2.08. The number of carbonyl (C=O) groups is 1. The molecule has 7 heteroatoms. The van der Waals surface area contributed by atoms with E-state index in [1.807, 2.05) is 0 Å². The number of hydrogen-bond acceptors (Lipinski definition) is 3. The van der Waals surface area contributed by atoms with Gasteiger partial charge in [-0.25, -0.2) is 4.79 Å². The van der Waals surface area contributed by atoms with Crippen LogP contribution in [0.2, 0.25) is 0 Å². The van der Waals surface area contributed by atoms with Gasteiger partial charge >= 0.3 is 12.1 Å². The minimum Gasteiger partial charge on any atom is -0.505 e. The van der Waals surface area contributed by atoms with Gasteiger partial charge in [0.1, 0.15) is 11.3 Å². The SMILES string of the molecule is Cc1cccc(-c2ccc(-c3cc(C(=O)O)c(O)cn3)cc2C(F)(F)F)c1. The van der Waals surface area contributed by atoms with Crippen molar-refractivity contribution in [3.05, 3.63) is 71.4 Å². The molecule has 0 aliphatic rings. The molecule has 3 rings (SSSR count). The predicted molar refractivity (Wildman–Crippen MR) is 93.5 cm³/mol. The van der Waals surface area contributed by atoms with E-state index >= 15 is 0 Å². The van der Waals surface area contributed by atoms with Gasteiger partial charge in [0.15, 0.2) is 0 Å². The van der Waals surface area contributed by atoms with Crippen molar-refractivity contribution in [3.8, 4) is 28.1 Å². The number of nitrogens with zero attached hydrogens (tertiary/aromatic N) is 1. The van der Waals surface area contributed by atoms with Crippen LogP contribution in [0.1, 0.15) is 21.5 Å². The van der Waals surface area contributed by atoms with Gasteiger partial charge in [-0.2, -0.15) is 13.2 Å². The highest BCUT2D eigenvalue weighted by Crippen LogP contribution is 2.39. The zero-order valence-corrected chi connectivity index (χ0v) is 14.1. The zero-order valence-electron chi connectivity index (χ0n) is 14.1. The molecule has 0 unspecified atom stereocenters. The summed E-state index contributed by atoms with van der Waals surface area (Å²) in [7, 11) is 0. The number of aromatic hydroxyl groups is 1. The number of aromatic nitrogens is 1. The highest BCUT2D eigenvalue weighted by atomic mass is 19.4. The van der Waals surface area contributed by atoms with Crippen molar-refractivity contribution in [2.45, 2.75) is 13.1 Å². The molecule has 1 aromatic heterocycles. The molecule has 27 heavy (non-hydrogen) atoms. The van der Waals surface area contributed by atoms with Gasteiger partial charge in [0, 0.05) is 5.56 Å². The summed E-state index contributed by atoms with van der Waals surface area (Å²) in [6.07, 6.45) is -3.71. The van der Waals surface area contributed by atoms with E-state index in [0.717, 1.165) is 23.9 Å². The maximum absolute atomic E-state index is 13.6. The van der Waals surface area contributed by atoms with Crippen molar-refractivity contribution in [2.24, 2.45) is 0 Å². The molecule has 1 heterocycles. The molecule has 2 N–H and O–H groups in total. The lowest BCUT2D eigenvalue weighted by molar-refractivity contribution is -0.137. The number of halogens is 3. The minimum atomic E-state index is -4.61. The molecule has 0 bridgehead atoms. The smallest absolute Gasteiger partial charge is 0.417 e. The Morgan fingerprint density at radius 2 is 1.78 bits per heavy atom. The summed E-state index contributed by atoms with van der Waals surface area (Å²) in [6, 6.07) is 11.5. The van der Waals surface area contributed by atoms with Gasteiger partial charge in [-0.3, -0.25) is 4.98 Å². The number of pyridine rings is 1. The number of carboxylic acids is 1. The number of hydrogen-bond donors (Lipinski definition) is 2. The molecule has 0 spiro atoms. The van der Waals surface area contributed by atoms with E-state index in [1.165, 1.54) is 12.1 Å². The van der Waals surface area contributed by atoms with Gasteiger partial charge in [0.25, 0.3) is 0 Å². The summed E-state index contributed by atoms with van der Waals surface area (Å²) in [5.41, 5.74) is 0.114. The zero-order chi connectivity index (χ0) is 19.8. The normalized spacial score (nSPS) is 11.4. The van der Waals surface area contributed by atoms with Gasteiger partial charge in [-0.05, 0) is 30.2 Å². The van der Waals surface area contributed by atoms with Crippen molar-refractivity contribution in [2.75, 3.05) is 0 Å². The maximum atomic E-state index is 13.6. The second kappa shape index (κ2) is 6.75. The Balaban J connectivity index is 2.18. The molecule has 0 aliphatic carbocycles.